The van der Waals surface area contributed by atoms with Crippen LogP contribution in [0.15, 0.2) is 64.4 Å². The van der Waals surface area contributed by atoms with Gasteiger partial charge in [0.25, 0.3) is 5.91 Å². The van der Waals surface area contributed by atoms with Crippen molar-refractivity contribution in [2.24, 2.45) is 0 Å². The SMILES string of the molecule is O=C(NCCc1csc2nc(-c3cccc(F)c3)nn12)c1cc2ccccc2o1. The van der Waals surface area contributed by atoms with Crippen LogP contribution in [-0.4, -0.2) is 27.0 Å². The van der Waals surface area contributed by atoms with E-state index in [-0.39, 0.29) is 17.5 Å². The Hall–Kier alpha value is -3.52. The number of thiazole rings is 1. The van der Waals surface area contributed by atoms with Crippen LogP contribution in [-0.2, 0) is 6.42 Å². The quantitative estimate of drug-likeness (QED) is 0.472. The Morgan fingerprint density at radius 3 is 2.93 bits per heavy atom. The predicted octanol–water partition coefficient (Wildman–Crippen LogP) is 4.32. The first-order valence-electron chi connectivity index (χ1n) is 9.03. The smallest absolute Gasteiger partial charge is 0.287 e. The zero-order chi connectivity index (χ0) is 19.8. The number of nitrogens with one attached hydrogen (secondary N) is 1. The summed E-state index contributed by atoms with van der Waals surface area (Å²) in [6, 6.07) is 15.4. The van der Waals surface area contributed by atoms with Gasteiger partial charge >= 0.3 is 0 Å². The second-order valence-corrected chi connectivity index (χ2v) is 7.36. The van der Waals surface area contributed by atoms with Gasteiger partial charge in [-0.25, -0.2) is 8.91 Å². The number of rotatable bonds is 5. The van der Waals surface area contributed by atoms with Gasteiger partial charge < -0.3 is 9.73 Å². The van der Waals surface area contributed by atoms with Gasteiger partial charge in [0.05, 0.1) is 5.69 Å². The number of halogens is 1. The van der Waals surface area contributed by atoms with Crippen LogP contribution in [0.1, 0.15) is 16.2 Å². The summed E-state index contributed by atoms with van der Waals surface area (Å²) in [6.07, 6.45) is 0.581. The number of hydrogen-bond acceptors (Lipinski definition) is 5. The fourth-order valence-electron chi connectivity index (χ4n) is 3.13. The highest BCUT2D eigenvalue weighted by Gasteiger charge is 2.14. The second kappa shape index (κ2) is 7.14. The number of aromatic nitrogens is 3. The van der Waals surface area contributed by atoms with Crippen LogP contribution in [0.5, 0.6) is 0 Å². The Balaban J connectivity index is 1.28. The summed E-state index contributed by atoms with van der Waals surface area (Å²) in [5, 5.41) is 10.2. The molecule has 5 rings (SSSR count). The largest absolute Gasteiger partial charge is 0.451 e. The monoisotopic (exact) mass is 406 g/mol. The van der Waals surface area contributed by atoms with Crippen LogP contribution in [0.2, 0.25) is 0 Å². The van der Waals surface area contributed by atoms with E-state index in [1.54, 1.807) is 22.7 Å². The molecule has 3 heterocycles. The molecule has 0 atom stereocenters. The van der Waals surface area contributed by atoms with Gasteiger partial charge in [0.2, 0.25) is 4.96 Å². The van der Waals surface area contributed by atoms with E-state index in [0.29, 0.717) is 29.9 Å². The summed E-state index contributed by atoms with van der Waals surface area (Å²) in [6.45, 7) is 0.427. The van der Waals surface area contributed by atoms with Crippen LogP contribution in [0.25, 0.3) is 27.3 Å². The Bertz CT molecular complexity index is 1300. The Morgan fingerprint density at radius 2 is 2.07 bits per heavy atom. The van der Waals surface area contributed by atoms with E-state index >= 15 is 0 Å². The molecule has 0 spiro atoms. The summed E-state index contributed by atoms with van der Waals surface area (Å²) in [7, 11) is 0. The molecule has 144 valence electrons. The number of nitrogens with zero attached hydrogens (tertiary/aromatic N) is 3. The first kappa shape index (κ1) is 17.6. The maximum absolute atomic E-state index is 13.5. The van der Waals surface area contributed by atoms with Crippen molar-refractivity contribution >= 4 is 33.2 Å². The topological polar surface area (TPSA) is 72.4 Å². The maximum Gasteiger partial charge on any atom is 0.287 e. The van der Waals surface area contributed by atoms with E-state index in [1.165, 1.54) is 23.5 Å². The molecule has 0 bridgehead atoms. The molecule has 29 heavy (non-hydrogen) atoms. The van der Waals surface area contributed by atoms with Crippen molar-refractivity contribution in [2.45, 2.75) is 6.42 Å². The minimum Gasteiger partial charge on any atom is -0.451 e. The summed E-state index contributed by atoms with van der Waals surface area (Å²) < 4.78 is 20.8. The lowest BCUT2D eigenvalue weighted by molar-refractivity contribution is 0.0928. The van der Waals surface area contributed by atoms with Gasteiger partial charge in [0.1, 0.15) is 11.4 Å². The third-order valence-electron chi connectivity index (χ3n) is 4.55. The number of carbonyl (C=O) groups is 1. The number of fused-ring (bicyclic) bond motifs is 2. The molecule has 0 saturated heterocycles. The molecule has 1 amide bonds. The van der Waals surface area contributed by atoms with E-state index in [4.69, 9.17) is 4.42 Å². The van der Waals surface area contributed by atoms with Crippen LogP contribution < -0.4 is 5.32 Å². The van der Waals surface area contributed by atoms with Crippen molar-refractivity contribution in [3.05, 3.63) is 77.2 Å². The van der Waals surface area contributed by atoms with E-state index in [1.807, 2.05) is 29.6 Å². The van der Waals surface area contributed by atoms with E-state index in [0.717, 1.165) is 16.0 Å². The van der Waals surface area contributed by atoms with Crippen molar-refractivity contribution in [2.75, 3.05) is 6.54 Å². The molecular formula is C21H15FN4O2S. The number of carbonyl (C=O) groups excluding carboxylic acids is 1. The summed E-state index contributed by atoms with van der Waals surface area (Å²) >= 11 is 1.46. The van der Waals surface area contributed by atoms with E-state index < -0.39 is 0 Å². The van der Waals surface area contributed by atoms with Gasteiger partial charge in [-0.15, -0.1) is 16.4 Å². The average molecular weight is 406 g/mol. The molecule has 8 heteroatoms. The predicted molar refractivity (Wildman–Crippen MR) is 109 cm³/mol. The lowest BCUT2D eigenvalue weighted by Crippen LogP contribution is -2.25. The fourth-order valence-corrected chi connectivity index (χ4v) is 3.99. The van der Waals surface area contributed by atoms with Crippen molar-refractivity contribution < 1.29 is 13.6 Å². The van der Waals surface area contributed by atoms with Crippen LogP contribution in [0, 0.1) is 5.82 Å². The second-order valence-electron chi connectivity index (χ2n) is 6.52. The Labute approximate surface area is 168 Å². The third kappa shape index (κ3) is 3.38. The molecule has 0 fully saturated rings. The molecule has 2 aromatic carbocycles. The fraction of sp³-hybridized carbons (Fsp3) is 0.0952. The summed E-state index contributed by atoms with van der Waals surface area (Å²) in [5.41, 5.74) is 2.24. The molecule has 0 unspecified atom stereocenters. The minimum absolute atomic E-state index is 0.258. The lowest BCUT2D eigenvalue weighted by atomic mass is 10.2. The van der Waals surface area contributed by atoms with E-state index in [9.17, 15) is 9.18 Å². The average Bonchev–Trinajstić information content (AvgIpc) is 3.42. The van der Waals surface area contributed by atoms with Gasteiger partial charge in [0, 0.05) is 29.3 Å². The maximum atomic E-state index is 13.5. The first-order valence-corrected chi connectivity index (χ1v) is 9.91. The number of hydrogen-bond donors (Lipinski definition) is 1. The number of furan rings is 1. The molecule has 3 aromatic heterocycles. The van der Waals surface area contributed by atoms with Crippen molar-refractivity contribution in [1.29, 1.82) is 0 Å². The van der Waals surface area contributed by atoms with Gasteiger partial charge in [-0.3, -0.25) is 4.79 Å². The minimum atomic E-state index is -0.325. The lowest BCUT2D eigenvalue weighted by Gasteiger charge is -2.02. The number of benzene rings is 2. The summed E-state index contributed by atoms with van der Waals surface area (Å²) in [5.74, 6) is 0.181. The molecule has 0 saturated carbocycles. The number of para-hydroxylation sites is 1. The molecular weight excluding hydrogens is 391 g/mol. The molecule has 1 N–H and O–H groups in total. The first-order chi connectivity index (χ1) is 14.2. The Morgan fingerprint density at radius 1 is 1.17 bits per heavy atom. The van der Waals surface area contributed by atoms with Gasteiger partial charge in [-0.05, 0) is 24.3 Å². The van der Waals surface area contributed by atoms with Gasteiger partial charge in [0.15, 0.2) is 11.6 Å². The third-order valence-corrected chi connectivity index (χ3v) is 5.41. The van der Waals surface area contributed by atoms with E-state index in [2.05, 4.69) is 15.4 Å². The number of amides is 1. The highest BCUT2D eigenvalue weighted by Crippen LogP contribution is 2.22. The van der Waals surface area contributed by atoms with Crippen LogP contribution in [0.3, 0.4) is 0 Å². The van der Waals surface area contributed by atoms with Crippen molar-refractivity contribution in [1.82, 2.24) is 19.9 Å². The zero-order valence-electron chi connectivity index (χ0n) is 15.1. The molecule has 5 aromatic rings. The standard InChI is InChI=1S/C21H15FN4O2S/c22-15-6-3-5-14(10-15)19-24-21-26(25-19)16(12-29-21)8-9-23-20(27)18-11-13-4-1-2-7-17(13)28-18/h1-7,10-12H,8-9H2,(H,23,27). The Kier molecular flexibility index (Phi) is 4.33. The molecule has 0 aliphatic heterocycles. The zero-order valence-corrected chi connectivity index (χ0v) is 15.9. The molecule has 0 aliphatic carbocycles. The van der Waals surface area contributed by atoms with Gasteiger partial charge in [-0.1, -0.05) is 30.3 Å². The van der Waals surface area contributed by atoms with Crippen molar-refractivity contribution in [3.63, 3.8) is 0 Å². The molecule has 0 aliphatic rings. The normalized spacial score (nSPS) is 11.3. The molecule has 6 nitrogen and oxygen atoms in total. The van der Waals surface area contributed by atoms with Gasteiger partial charge in [-0.2, -0.15) is 4.98 Å². The van der Waals surface area contributed by atoms with Crippen molar-refractivity contribution in [3.8, 4) is 11.4 Å². The summed E-state index contributed by atoms with van der Waals surface area (Å²) in [4.78, 5) is 17.5. The molecule has 0 radical (unpaired) electrons. The highest BCUT2D eigenvalue weighted by atomic mass is 32.1. The van der Waals surface area contributed by atoms with Crippen LogP contribution >= 0.6 is 11.3 Å². The highest BCUT2D eigenvalue weighted by molar-refractivity contribution is 7.15. The van der Waals surface area contributed by atoms with Crippen LogP contribution in [0.4, 0.5) is 4.39 Å².